The Labute approximate surface area is 123 Å². The maximum absolute atomic E-state index is 10.9. The third-order valence-electron chi connectivity index (χ3n) is 5.20. The van der Waals surface area contributed by atoms with Gasteiger partial charge in [0.05, 0.1) is 6.10 Å². The van der Waals surface area contributed by atoms with Gasteiger partial charge in [0, 0.05) is 12.0 Å². The molecule has 0 aliphatic heterocycles. The van der Waals surface area contributed by atoms with Crippen molar-refractivity contribution < 1.29 is 5.11 Å². The zero-order valence-electron chi connectivity index (χ0n) is 13.4. The molecular weight excluding hydrogens is 246 g/mol. The minimum absolute atomic E-state index is 0.0442. The van der Waals surface area contributed by atoms with Gasteiger partial charge in [0.25, 0.3) is 0 Å². The number of hydrogen-bond donors (Lipinski definition) is 1. The molecule has 0 amide bonds. The van der Waals surface area contributed by atoms with Crippen LogP contribution in [0.1, 0.15) is 43.7 Å². The van der Waals surface area contributed by atoms with Gasteiger partial charge in [-0.3, -0.25) is 0 Å². The van der Waals surface area contributed by atoms with Crippen LogP contribution in [-0.2, 0) is 6.42 Å². The van der Waals surface area contributed by atoms with Crippen LogP contribution in [0.4, 0.5) is 0 Å². The molecule has 20 heavy (non-hydrogen) atoms. The summed E-state index contributed by atoms with van der Waals surface area (Å²) >= 11 is 0. The van der Waals surface area contributed by atoms with Gasteiger partial charge in [0.2, 0.25) is 0 Å². The molecule has 0 saturated heterocycles. The Morgan fingerprint density at radius 2 is 1.75 bits per heavy atom. The molecular formula is C18H29NO. The zero-order chi connectivity index (χ0) is 14.8. The highest BCUT2D eigenvalue weighted by atomic mass is 16.3. The number of nitrogens with zero attached hydrogens (tertiary/aromatic N) is 1. The summed E-state index contributed by atoms with van der Waals surface area (Å²) in [5, 5.41) is 10.9. The standard InChI is InChI=1S/C18H29NO/c1-14-5-7-16(8-6-14)13-17(20)18(19(3)4)11-9-15(2)10-12-18/h5-8,15,17,20H,9-13H2,1-4H3. The fourth-order valence-electron chi connectivity index (χ4n) is 3.48. The molecule has 1 aromatic rings. The fraction of sp³-hybridized carbons (Fsp3) is 0.667. The summed E-state index contributed by atoms with van der Waals surface area (Å²) in [6.45, 7) is 4.43. The van der Waals surface area contributed by atoms with Crippen molar-refractivity contribution in [3.05, 3.63) is 35.4 Å². The van der Waals surface area contributed by atoms with E-state index in [0.717, 1.165) is 25.2 Å². The lowest BCUT2D eigenvalue weighted by molar-refractivity contribution is -0.0382. The SMILES string of the molecule is Cc1ccc(CC(O)C2(N(C)C)CCC(C)CC2)cc1. The average Bonchev–Trinajstić information content (AvgIpc) is 2.42. The molecule has 112 valence electrons. The van der Waals surface area contributed by atoms with Crippen molar-refractivity contribution in [2.45, 2.75) is 57.6 Å². The van der Waals surface area contributed by atoms with Crippen molar-refractivity contribution in [2.75, 3.05) is 14.1 Å². The van der Waals surface area contributed by atoms with E-state index in [0.29, 0.717) is 0 Å². The van der Waals surface area contributed by atoms with Gasteiger partial charge in [0.1, 0.15) is 0 Å². The Bertz CT molecular complexity index is 416. The van der Waals surface area contributed by atoms with E-state index in [1.807, 2.05) is 0 Å². The Balaban J connectivity index is 2.11. The van der Waals surface area contributed by atoms with Crippen molar-refractivity contribution in [1.82, 2.24) is 4.90 Å². The second kappa shape index (κ2) is 6.28. The van der Waals surface area contributed by atoms with E-state index in [4.69, 9.17) is 0 Å². The van der Waals surface area contributed by atoms with Crippen LogP contribution in [0, 0.1) is 12.8 Å². The summed E-state index contributed by atoms with van der Waals surface area (Å²) in [5.41, 5.74) is 2.47. The van der Waals surface area contributed by atoms with Crippen LogP contribution in [0.25, 0.3) is 0 Å². The number of aliphatic hydroxyl groups excluding tert-OH is 1. The van der Waals surface area contributed by atoms with Crippen LogP contribution in [0.5, 0.6) is 0 Å². The molecule has 1 fully saturated rings. The van der Waals surface area contributed by atoms with Crippen molar-refractivity contribution in [3.8, 4) is 0 Å². The zero-order valence-corrected chi connectivity index (χ0v) is 13.4. The molecule has 0 radical (unpaired) electrons. The number of hydrogen-bond acceptors (Lipinski definition) is 2. The summed E-state index contributed by atoms with van der Waals surface area (Å²) in [4.78, 5) is 2.26. The molecule has 0 spiro atoms. The lowest BCUT2D eigenvalue weighted by Gasteiger charge is -2.47. The number of aliphatic hydroxyl groups is 1. The fourth-order valence-corrected chi connectivity index (χ4v) is 3.48. The molecule has 1 aliphatic carbocycles. The van der Waals surface area contributed by atoms with Crippen LogP contribution >= 0.6 is 0 Å². The highest BCUT2D eigenvalue weighted by Crippen LogP contribution is 2.38. The molecule has 2 rings (SSSR count). The molecule has 1 N–H and O–H groups in total. The van der Waals surface area contributed by atoms with Crippen LogP contribution in [0.15, 0.2) is 24.3 Å². The topological polar surface area (TPSA) is 23.5 Å². The third kappa shape index (κ3) is 3.24. The quantitative estimate of drug-likeness (QED) is 0.910. The molecule has 1 aromatic carbocycles. The number of rotatable bonds is 4. The summed E-state index contributed by atoms with van der Waals surface area (Å²) in [6.07, 6.45) is 5.13. The predicted molar refractivity (Wildman–Crippen MR) is 84.9 cm³/mol. The van der Waals surface area contributed by atoms with Crippen LogP contribution in [-0.4, -0.2) is 35.7 Å². The largest absolute Gasteiger partial charge is 0.391 e. The molecule has 1 atom stereocenters. The van der Waals surface area contributed by atoms with E-state index in [1.54, 1.807) is 0 Å². The monoisotopic (exact) mass is 275 g/mol. The second-order valence-electron chi connectivity index (χ2n) is 6.89. The molecule has 0 bridgehead atoms. The van der Waals surface area contributed by atoms with E-state index < -0.39 is 0 Å². The van der Waals surface area contributed by atoms with E-state index in [-0.39, 0.29) is 11.6 Å². The molecule has 1 aliphatic rings. The Morgan fingerprint density at radius 1 is 1.20 bits per heavy atom. The number of benzene rings is 1. The van der Waals surface area contributed by atoms with Gasteiger partial charge in [-0.1, -0.05) is 36.8 Å². The van der Waals surface area contributed by atoms with Gasteiger partial charge >= 0.3 is 0 Å². The Hall–Kier alpha value is -0.860. The van der Waals surface area contributed by atoms with Gasteiger partial charge in [-0.15, -0.1) is 0 Å². The average molecular weight is 275 g/mol. The Morgan fingerprint density at radius 3 is 2.25 bits per heavy atom. The second-order valence-corrected chi connectivity index (χ2v) is 6.89. The first-order valence-electron chi connectivity index (χ1n) is 7.85. The minimum Gasteiger partial charge on any atom is -0.391 e. The molecule has 0 heterocycles. The van der Waals surface area contributed by atoms with E-state index >= 15 is 0 Å². The predicted octanol–water partition coefficient (Wildman–Crippen LogP) is 3.41. The van der Waals surface area contributed by atoms with Gasteiger partial charge in [-0.25, -0.2) is 0 Å². The van der Waals surface area contributed by atoms with Crippen molar-refractivity contribution in [3.63, 3.8) is 0 Å². The first-order valence-corrected chi connectivity index (χ1v) is 7.85. The van der Waals surface area contributed by atoms with E-state index in [2.05, 4.69) is 57.1 Å². The highest BCUT2D eigenvalue weighted by Gasteiger charge is 2.42. The van der Waals surface area contributed by atoms with Gasteiger partial charge in [0.15, 0.2) is 0 Å². The number of aryl methyl sites for hydroxylation is 1. The van der Waals surface area contributed by atoms with Crippen molar-refractivity contribution in [1.29, 1.82) is 0 Å². The maximum Gasteiger partial charge on any atom is 0.0763 e. The normalized spacial score (nSPS) is 28.6. The smallest absolute Gasteiger partial charge is 0.0763 e. The van der Waals surface area contributed by atoms with Crippen molar-refractivity contribution in [2.24, 2.45) is 5.92 Å². The van der Waals surface area contributed by atoms with E-state index in [9.17, 15) is 5.11 Å². The van der Waals surface area contributed by atoms with E-state index in [1.165, 1.54) is 24.0 Å². The molecule has 1 saturated carbocycles. The number of likely N-dealkylation sites (N-methyl/N-ethyl adjacent to an activating group) is 1. The van der Waals surface area contributed by atoms with Crippen LogP contribution in [0.2, 0.25) is 0 Å². The van der Waals surface area contributed by atoms with Crippen molar-refractivity contribution >= 4 is 0 Å². The van der Waals surface area contributed by atoms with Crippen LogP contribution < -0.4 is 0 Å². The highest BCUT2D eigenvalue weighted by molar-refractivity contribution is 5.22. The molecule has 2 heteroatoms. The van der Waals surface area contributed by atoms with Gasteiger partial charge in [-0.2, -0.15) is 0 Å². The van der Waals surface area contributed by atoms with Crippen LogP contribution in [0.3, 0.4) is 0 Å². The summed E-state index contributed by atoms with van der Waals surface area (Å²) in [6, 6.07) is 8.56. The summed E-state index contributed by atoms with van der Waals surface area (Å²) in [7, 11) is 4.24. The summed E-state index contributed by atoms with van der Waals surface area (Å²) in [5.74, 6) is 0.801. The third-order valence-corrected chi connectivity index (χ3v) is 5.20. The molecule has 2 nitrogen and oxygen atoms in total. The lowest BCUT2D eigenvalue weighted by Crippen LogP contribution is -2.56. The first kappa shape index (κ1) is 15.5. The maximum atomic E-state index is 10.9. The lowest BCUT2D eigenvalue weighted by atomic mass is 9.72. The van der Waals surface area contributed by atoms with Gasteiger partial charge < -0.3 is 10.0 Å². The minimum atomic E-state index is -0.285. The molecule has 1 unspecified atom stereocenters. The summed E-state index contributed by atoms with van der Waals surface area (Å²) < 4.78 is 0. The first-order chi connectivity index (χ1) is 9.44. The Kier molecular flexibility index (Phi) is 4.87. The molecule has 0 aromatic heterocycles. The van der Waals surface area contributed by atoms with Gasteiger partial charge in [-0.05, 0) is 58.2 Å².